The molecule has 116 valence electrons. The fourth-order valence-electron chi connectivity index (χ4n) is 2.21. The second-order valence-corrected chi connectivity index (χ2v) is 7.41. The molecule has 23 heavy (non-hydrogen) atoms. The van der Waals surface area contributed by atoms with Crippen molar-refractivity contribution in [3.8, 4) is 0 Å². The summed E-state index contributed by atoms with van der Waals surface area (Å²) in [5.41, 5.74) is 1.09. The molecule has 3 aromatic heterocycles. The molecule has 0 saturated carbocycles. The summed E-state index contributed by atoms with van der Waals surface area (Å²) in [7, 11) is 0. The van der Waals surface area contributed by atoms with Crippen molar-refractivity contribution in [1.29, 1.82) is 0 Å². The van der Waals surface area contributed by atoms with E-state index < -0.39 is 0 Å². The fourth-order valence-corrected chi connectivity index (χ4v) is 3.04. The maximum atomic E-state index is 5.75. The highest BCUT2D eigenvalue weighted by atomic mass is 32.1. The van der Waals surface area contributed by atoms with Crippen molar-refractivity contribution in [1.82, 2.24) is 15.0 Å². The summed E-state index contributed by atoms with van der Waals surface area (Å²) in [6.07, 6.45) is 9.28. The van der Waals surface area contributed by atoms with E-state index in [4.69, 9.17) is 4.42 Å². The van der Waals surface area contributed by atoms with Gasteiger partial charge in [-0.3, -0.25) is 4.90 Å². The zero-order valence-electron chi connectivity index (χ0n) is 13.1. The lowest BCUT2D eigenvalue weighted by Crippen LogP contribution is -2.09. The summed E-state index contributed by atoms with van der Waals surface area (Å²) in [4.78, 5) is 16.2. The predicted octanol–water partition coefficient (Wildman–Crippen LogP) is 4.78. The predicted molar refractivity (Wildman–Crippen MR) is 92.3 cm³/mol. The second kappa shape index (κ2) is 5.03. The summed E-state index contributed by atoms with van der Waals surface area (Å²) in [6.45, 7) is 6.31. The van der Waals surface area contributed by atoms with Crippen LogP contribution >= 0.6 is 11.3 Å². The van der Waals surface area contributed by atoms with Crippen LogP contribution in [0.25, 0.3) is 12.2 Å². The molecule has 0 unspecified atom stereocenters. The van der Waals surface area contributed by atoms with Crippen LogP contribution in [-0.4, -0.2) is 15.0 Å². The van der Waals surface area contributed by atoms with E-state index >= 15 is 0 Å². The highest BCUT2D eigenvalue weighted by Gasteiger charge is 2.33. The minimum absolute atomic E-state index is 0.0330. The molecule has 3 aromatic rings. The molecule has 0 atom stereocenters. The molecule has 1 aliphatic heterocycles. The second-order valence-electron chi connectivity index (χ2n) is 6.37. The van der Waals surface area contributed by atoms with Crippen LogP contribution in [0.3, 0.4) is 0 Å². The van der Waals surface area contributed by atoms with Gasteiger partial charge in [-0.15, -0.1) is 0 Å². The van der Waals surface area contributed by atoms with Crippen molar-refractivity contribution in [3.63, 3.8) is 0 Å². The highest BCUT2D eigenvalue weighted by Crippen LogP contribution is 2.52. The number of hydrogen-bond acceptors (Lipinski definition) is 6. The molecule has 5 nitrogen and oxygen atoms in total. The van der Waals surface area contributed by atoms with Crippen molar-refractivity contribution in [2.75, 3.05) is 4.90 Å². The molecule has 0 aliphatic carbocycles. The molecule has 0 spiro atoms. The van der Waals surface area contributed by atoms with Gasteiger partial charge in [0.25, 0.3) is 0 Å². The summed E-state index contributed by atoms with van der Waals surface area (Å²) in [5.74, 6) is 2.48. The minimum atomic E-state index is -0.0330. The summed E-state index contributed by atoms with van der Waals surface area (Å²) in [5, 5.41) is 0.932. The van der Waals surface area contributed by atoms with Gasteiger partial charge in [0, 0.05) is 28.8 Å². The van der Waals surface area contributed by atoms with E-state index in [1.54, 1.807) is 23.7 Å². The molecule has 0 N–H and O–H groups in total. The third-order valence-electron chi connectivity index (χ3n) is 3.52. The number of fused-ring (bicyclic) bond motifs is 1. The van der Waals surface area contributed by atoms with Crippen LogP contribution in [0.2, 0.25) is 0 Å². The van der Waals surface area contributed by atoms with Crippen molar-refractivity contribution < 1.29 is 4.42 Å². The SMILES string of the molecule is CC(C)(C)c1cnc(/C=C/c2cnc(N3c4cccnc43)s2)o1. The topological polar surface area (TPSA) is 54.8 Å². The van der Waals surface area contributed by atoms with Crippen LogP contribution in [0.4, 0.5) is 16.6 Å². The molecule has 4 heterocycles. The Morgan fingerprint density at radius 2 is 2.00 bits per heavy atom. The fraction of sp³-hybridized carbons (Fsp3) is 0.235. The standard InChI is InChI=1S/C17H16N4OS/c1-17(2,3)13-10-19-14(22-13)7-6-11-9-20-16(23-11)21-12-5-4-8-18-15(12)21/h4-10H,1-3H3/b7-6+. The number of rotatable bonds is 3. The first-order valence-electron chi connectivity index (χ1n) is 7.38. The highest BCUT2D eigenvalue weighted by molar-refractivity contribution is 7.16. The molecule has 0 aromatic carbocycles. The van der Waals surface area contributed by atoms with Crippen molar-refractivity contribution >= 4 is 40.1 Å². The van der Waals surface area contributed by atoms with Crippen LogP contribution in [0.1, 0.15) is 37.3 Å². The average molecular weight is 324 g/mol. The number of thiazole rings is 1. The third-order valence-corrected chi connectivity index (χ3v) is 4.47. The summed E-state index contributed by atoms with van der Waals surface area (Å²) >= 11 is 1.61. The monoisotopic (exact) mass is 324 g/mol. The molecule has 4 rings (SSSR count). The molecular formula is C17H16N4OS. The molecular weight excluding hydrogens is 308 g/mol. The Morgan fingerprint density at radius 1 is 1.13 bits per heavy atom. The normalized spacial score (nSPS) is 13.6. The number of nitrogens with zero attached hydrogens (tertiary/aromatic N) is 4. The van der Waals surface area contributed by atoms with Crippen LogP contribution in [0, 0.1) is 0 Å². The smallest absolute Gasteiger partial charge is 0.218 e. The Bertz CT molecular complexity index is 865. The van der Waals surface area contributed by atoms with Gasteiger partial charge in [-0.2, -0.15) is 0 Å². The zero-order chi connectivity index (χ0) is 16.0. The average Bonchev–Trinajstić information content (AvgIpc) is 2.89. The molecule has 0 bridgehead atoms. The molecule has 1 aliphatic rings. The minimum Gasteiger partial charge on any atom is -0.441 e. The maximum Gasteiger partial charge on any atom is 0.218 e. The van der Waals surface area contributed by atoms with E-state index in [1.807, 2.05) is 35.4 Å². The van der Waals surface area contributed by atoms with Crippen LogP contribution in [0.15, 0.2) is 35.1 Å². The quantitative estimate of drug-likeness (QED) is 0.508. The van der Waals surface area contributed by atoms with E-state index in [0.29, 0.717) is 5.89 Å². The van der Waals surface area contributed by atoms with Gasteiger partial charge >= 0.3 is 0 Å². The number of pyridine rings is 1. The van der Waals surface area contributed by atoms with E-state index in [2.05, 4.69) is 35.7 Å². The van der Waals surface area contributed by atoms with Crippen LogP contribution in [-0.2, 0) is 5.41 Å². The van der Waals surface area contributed by atoms with Crippen molar-refractivity contribution in [2.45, 2.75) is 26.2 Å². The van der Waals surface area contributed by atoms with Crippen molar-refractivity contribution in [2.24, 2.45) is 0 Å². The first-order valence-corrected chi connectivity index (χ1v) is 8.19. The van der Waals surface area contributed by atoms with E-state index in [0.717, 1.165) is 27.3 Å². The van der Waals surface area contributed by atoms with Gasteiger partial charge < -0.3 is 4.42 Å². The van der Waals surface area contributed by atoms with Gasteiger partial charge in [0.1, 0.15) is 5.76 Å². The molecule has 6 heteroatoms. The van der Waals surface area contributed by atoms with Gasteiger partial charge in [-0.25, -0.2) is 15.0 Å². The van der Waals surface area contributed by atoms with Gasteiger partial charge in [0.15, 0.2) is 10.9 Å². The molecule has 0 radical (unpaired) electrons. The van der Waals surface area contributed by atoms with Crippen LogP contribution in [0.5, 0.6) is 0 Å². The number of oxazole rings is 1. The van der Waals surface area contributed by atoms with Gasteiger partial charge in [-0.05, 0) is 18.2 Å². The summed E-state index contributed by atoms with van der Waals surface area (Å²) in [6, 6.07) is 3.97. The first-order chi connectivity index (χ1) is 11.0. The Kier molecular flexibility index (Phi) is 3.09. The number of aromatic nitrogens is 3. The van der Waals surface area contributed by atoms with E-state index in [-0.39, 0.29) is 5.41 Å². The van der Waals surface area contributed by atoms with E-state index in [1.165, 1.54) is 0 Å². The Hall–Kier alpha value is -2.47. The lowest BCUT2D eigenvalue weighted by atomic mass is 9.94. The lowest BCUT2D eigenvalue weighted by molar-refractivity contribution is 0.403. The Balaban J connectivity index is 1.49. The molecule has 0 saturated heterocycles. The maximum absolute atomic E-state index is 5.75. The third kappa shape index (κ3) is 2.66. The Morgan fingerprint density at radius 3 is 2.70 bits per heavy atom. The van der Waals surface area contributed by atoms with Crippen LogP contribution < -0.4 is 4.90 Å². The lowest BCUT2D eigenvalue weighted by Gasteiger charge is -2.12. The first kappa shape index (κ1) is 14.1. The van der Waals surface area contributed by atoms with Crippen molar-refractivity contribution in [3.05, 3.63) is 47.3 Å². The number of anilines is 3. The summed E-state index contributed by atoms with van der Waals surface area (Å²) < 4.78 is 5.75. The Labute approximate surface area is 138 Å². The molecule has 0 fully saturated rings. The van der Waals surface area contributed by atoms with Gasteiger partial charge in [0.05, 0.1) is 11.9 Å². The molecule has 0 amide bonds. The van der Waals surface area contributed by atoms with Gasteiger partial charge in [0.2, 0.25) is 5.89 Å². The zero-order valence-corrected chi connectivity index (χ0v) is 14.0. The number of hydrogen-bond donors (Lipinski definition) is 0. The van der Waals surface area contributed by atoms with E-state index in [9.17, 15) is 0 Å². The largest absolute Gasteiger partial charge is 0.441 e. The van der Waals surface area contributed by atoms with Gasteiger partial charge in [-0.1, -0.05) is 32.1 Å².